The first-order valence-corrected chi connectivity index (χ1v) is 14.9. The molecular formula is C28H30Cl3N3O4S. The summed E-state index contributed by atoms with van der Waals surface area (Å²) >= 11 is 18.8. The second-order valence-electron chi connectivity index (χ2n) is 8.99. The van der Waals surface area contributed by atoms with Gasteiger partial charge in [0.15, 0.2) is 0 Å². The second-order valence-corrected chi connectivity index (χ2v) is 12.1. The highest BCUT2D eigenvalue weighted by Crippen LogP contribution is 2.29. The highest BCUT2D eigenvalue weighted by atomic mass is 35.5. The summed E-state index contributed by atoms with van der Waals surface area (Å²) in [6.45, 7) is 5.09. The summed E-state index contributed by atoms with van der Waals surface area (Å²) in [5.74, 6) is -0.986. The summed E-state index contributed by atoms with van der Waals surface area (Å²) < 4.78 is 28.7. The fourth-order valence-electron chi connectivity index (χ4n) is 3.88. The number of hydrogen-bond donors (Lipinski definition) is 1. The standard InChI is InChI=1S/C28H30Cl3N3O4S/c1-4-15-32-28(36)20(3)33(17-24-25(30)9-6-10-26(24)31)27(35)18-34(22-8-5-7-19(2)16-22)39(37,38)23-13-11-21(29)12-14-23/h5-14,16,20H,4,15,17-18H2,1-3H3,(H,32,36). The predicted octanol–water partition coefficient (Wildman–Crippen LogP) is 6.09. The van der Waals surface area contributed by atoms with Gasteiger partial charge in [0.1, 0.15) is 12.6 Å². The van der Waals surface area contributed by atoms with Crippen LogP contribution in [-0.2, 0) is 26.2 Å². The number of benzene rings is 3. The minimum atomic E-state index is -4.19. The molecule has 0 radical (unpaired) electrons. The molecule has 3 aromatic carbocycles. The molecule has 0 aromatic heterocycles. The Morgan fingerprint density at radius 2 is 1.56 bits per heavy atom. The average molecular weight is 611 g/mol. The van der Waals surface area contributed by atoms with Crippen LogP contribution in [0.3, 0.4) is 0 Å². The van der Waals surface area contributed by atoms with E-state index in [9.17, 15) is 18.0 Å². The third-order valence-corrected chi connectivity index (χ3v) is 8.83. The fourth-order valence-corrected chi connectivity index (χ4v) is 5.93. The quantitative estimate of drug-likeness (QED) is 0.285. The fraction of sp³-hybridized carbons (Fsp3) is 0.286. The molecular weight excluding hydrogens is 581 g/mol. The van der Waals surface area contributed by atoms with Gasteiger partial charge in [0.2, 0.25) is 11.8 Å². The first-order valence-electron chi connectivity index (χ1n) is 12.3. The highest BCUT2D eigenvalue weighted by molar-refractivity contribution is 7.92. The van der Waals surface area contributed by atoms with E-state index in [1.54, 1.807) is 43.3 Å². The zero-order valence-electron chi connectivity index (χ0n) is 21.8. The Bertz CT molecular complexity index is 1410. The van der Waals surface area contributed by atoms with Crippen molar-refractivity contribution >= 4 is 62.3 Å². The van der Waals surface area contributed by atoms with Gasteiger partial charge in [-0.3, -0.25) is 13.9 Å². The first kappa shape index (κ1) is 30.8. The van der Waals surface area contributed by atoms with Crippen molar-refractivity contribution in [3.8, 4) is 0 Å². The summed E-state index contributed by atoms with van der Waals surface area (Å²) in [6.07, 6.45) is 0.712. The van der Waals surface area contributed by atoms with E-state index in [4.69, 9.17) is 34.8 Å². The molecule has 0 saturated carbocycles. The highest BCUT2D eigenvalue weighted by Gasteiger charge is 2.33. The molecule has 11 heteroatoms. The van der Waals surface area contributed by atoms with Gasteiger partial charge >= 0.3 is 0 Å². The van der Waals surface area contributed by atoms with Crippen molar-refractivity contribution in [1.82, 2.24) is 10.2 Å². The van der Waals surface area contributed by atoms with Crippen LogP contribution in [0.5, 0.6) is 0 Å². The van der Waals surface area contributed by atoms with E-state index >= 15 is 0 Å². The Hall–Kier alpha value is -2.78. The number of hydrogen-bond acceptors (Lipinski definition) is 4. The number of sulfonamides is 1. The molecule has 7 nitrogen and oxygen atoms in total. The smallest absolute Gasteiger partial charge is 0.264 e. The van der Waals surface area contributed by atoms with E-state index < -0.39 is 28.5 Å². The van der Waals surface area contributed by atoms with Crippen molar-refractivity contribution in [2.24, 2.45) is 0 Å². The summed E-state index contributed by atoms with van der Waals surface area (Å²) in [7, 11) is -4.19. The van der Waals surface area contributed by atoms with Crippen LogP contribution in [0.1, 0.15) is 31.4 Å². The SMILES string of the molecule is CCCNC(=O)C(C)N(Cc1c(Cl)cccc1Cl)C(=O)CN(c1cccc(C)c1)S(=O)(=O)c1ccc(Cl)cc1. The molecule has 0 aliphatic rings. The number of nitrogens with one attached hydrogen (secondary N) is 1. The molecule has 39 heavy (non-hydrogen) atoms. The van der Waals surface area contributed by atoms with E-state index in [1.807, 2.05) is 19.9 Å². The summed E-state index contributed by atoms with van der Waals surface area (Å²) in [5.41, 5.74) is 1.56. The summed E-state index contributed by atoms with van der Waals surface area (Å²) in [6, 6.07) is 16.5. The number of aryl methyl sites for hydroxylation is 1. The largest absolute Gasteiger partial charge is 0.354 e. The minimum Gasteiger partial charge on any atom is -0.354 e. The number of carbonyl (C=O) groups excluding carboxylic acids is 2. The van der Waals surface area contributed by atoms with Gasteiger partial charge < -0.3 is 10.2 Å². The Morgan fingerprint density at radius 3 is 2.15 bits per heavy atom. The van der Waals surface area contributed by atoms with Crippen molar-refractivity contribution in [3.05, 3.63) is 92.9 Å². The van der Waals surface area contributed by atoms with Gasteiger partial charge in [-0.1, -0.05) is 59.9 Å². The molecule has 0 aliphatic heterocycles. The predicted molar refractivity (Wildman–Crippen MR) is 157 cm³/mol. The van der Waals surface area contributed by atoms with Crippen molar-refractivity contribution < 1.29 is 18.0 Å². The normalized spacial score (nSPS) is 12.1. The van der Waals surface area contributed by atoms with E-state index in [0.29, 0.717) is 39.3 Å². The number of halogens is 3. The summed E-state index contributed by atoms with van der Waals surface area (Å²) in [4.78, 5) is 28.1. The summed E-state index contributed by atoms with van der Waals surface area (Å²) in [5, 5.41) is 3.82. The van der Waals surface area contributed by atoms with Gasteiger partial charge in [-0.25, -0.2) is 8.42 Å². The number of nitrogens with zero attached hydrogens (tertiary/aromatic N) is 2. The Morgan fingerprint density at radius 1 is 0.949 bits per heavy atom. The maximum absolute atomic E-state index is 13.9. The van der Waals surface area contributed by atoms with Crippen molar-refractivity contribution in [1.29, 1.82) is 0 Å². The Balaban J connectivity index is 2.06. The molecule has 208 valence electrons. The van der Waals surface area contributed by atoms with Crippen LogP contribution < -0.4 is 9.62 Å². The monoisotopic (exact) mass is 609 g/mol. The third-order valence-electron chi connectivity index (χ3n) is 6.08. The van der Waals surface area contributed by atoms with Crippen LogP contribution in [-0.4, -0.2) is 44.3 Å². The molecule has 1 atom stereocenters. The van der Waals surface area contributed by atoms with E-state index in [-0.39, 0.29) is 17.3 Å². The number of anilines is 1. The molecule has 0 heterocycles. The average Bonchev–Trinajstić information content (AvgIpc) is 2.89. The number of amides is 2. The van der Waals surface area contributed by atoms with E-state index in [2.05, 4.69) is 5.32 Å². The number of carbonyl (C=O) groups is 2. The first-order chi connectivity index (χ1) is 18.4. The molecule has 1 unspecified atom stereocenters. The molecule has 3 rings (SSSR count). The van der Waals surface area contributed by atoms with Crippen molar-refractivity contribution in [2.75, 3.05) is 17.4 Å². The van der Waals surface area contributed by atoms with Gasteiger partial charge in [-0.15, -0.1) is 0 Å². The lowest BCUT2D eigenvalue weighted by Gasteiger charge is -2.32. The van der Waals surface area contributed by atoms with Crippen LogP contribution in [0.4, 0.5) is 5.69 Å². The maximum Gasteiger partial charge on any atom is 0.264 e. The lowest BCUT2D eigenvalue weighted by atomic mass is 10.1. The van der Waals surface area contributed by atoms with Gasteiger partial charge in [-0.05, 0) is 74.4 Å². The van der Waals surface area contributed by atoms with Gasteiger partial charge in [-0.2, -0.15) is 0 Å². The van der Waals surface area contributed by atoms with Gasteiger partial charge in [0, 0.05) is 33.7 Å². The lowest BCUT2D eigenvalue weighted by Crippen LogP contribution is -2.51. The Labute approximate surface area is 244 Å². The van der Waals surface area contributed by atoms with Gasteiger partial charge in [0.25, 0.3) is 10.0 Å². The zero-order chi connectivity index (χ0) is 28.7. The van der Waals surface area contributed by atoms with Crippen LogP contribution in [0, 0.1) is 6.92 Å². The minimum absolute atomic E-state index is 0.0318. The molecule has 0 spiro atoms. The topological polar surface area (TPSA) is 86.8 Å². The maximum atomic E-state index is 13.9. The molecule has 0 aliphatic carbocycles. The zero-order valence-corrected chi connectivity index (χ0v) is 24.9. The molecule has 2 amide bonds. The van der Waals surface area contributed by atoms with E-state index in [1.165, 1.54) is 29.2 Å². The molecule has 1 N–H and O–H groups in total. The van der Waals surface area contributed by atoms with E-state index in [0.717, 1.165) is 9.87 Å². The Kier molecular flexibility index (Phi) is 10.7. The van der Waals surface area contributed by atoms with Crippen LogP contribution in [0.2, 0.25) is 15.1 Å². The van der Waals surface area contributed by atoms with Crippen LogP contribution >= 0.6 is 34.8 Å². The number of rotatable bonds is 11. The second kappa shape index (κ2) is 13.5. The molecule has 0 saturated heterocycles. The third kappa shape index (κ3) is 7.66. The molecule has 0 fully saturated rings. The van der Waals surface area contributed by atoms with Crippen molar-refractivity contribution in [2.45, 2.75) is 44.7 Å². The van der Waals surface area contributed by atoms with Gasteiger partial charge in [0.05, 0.1) is 10.6 Å². The van der Waals surface area contributed by atoms with Crippen LogP contribution in [0.15, 0.2) is 71.6 Å². The van der Waals surface area contributed by atoms with Crippen LogP contribution in [0.25, 0.3) is 0 Å². The molecule has 3 aromatic rings. The lowest BCUT2D eigenvalue weighted by molar-refractivity contribution is -0.139. The molecule has 0 bridgehead atoms. The van der Waals surface area contributed by atoms with Crippen molar-refractivity contribution in [3.63, 3.8) is 0 Å².